The molecule has 0 saturated carbocycles. The molecule has 1 N–H and O–H groups in total. The number of hydrogen-bond acceptors (Lipinski definition) is 4. The van der Waals surface area contributed by atoms with Crippen LogP contribution in [-0.4, -0.2) is 40.8 Å². The largest absolute Gasteiger partial charge is 0.447 e. The number of nitrogens with zero attached hydrogens (tertiary/aromatic N) is 1. The van der Waals surface area contributed by atoms with Gasteiger partial charge in [-0.3, -0.25) is 4.79 Å². The highest BCUT2D eigenvalue weighted by Gasteiger charge is 2.39. The predicted octanol–water partition coefficient (Wildman–Crippen LogP) is 1.79. The van der Waals surface area contributed by atoms with E-state index in [0.29, 0.717) is 12.3 Å². The zero-order valence-corrected chi connectivity index (χ0v) is 11.5. The van der Waals surface area contributed by atoms with Crippen LogP contribution in [0.2, 0.25) is 0 Å². The quantitative estimate of drug-likeness (QED) is 0.815. The zero-order chi connectivity index (χ0) is 13.9. The van der Waals surface area contributed by atoms with E-state index in [9.17, 15) is 14.7 Å². The van der Waals surface area contributed by atoms with E-state index in [2.05, 4.69) is 0 Å². The van der Waals surface area contributed by atoms with E-state index >= 15 is 0 Å². The molecule has 1 saturated heterocycles. The summed E-state index contributed by atoms with van der Waals surface area (Å²) in [7, 11) is 0. The van der Waals surface area contributed by atoms with Crippen LogP contribution >= 0.6 is 0 Å². The van der Waals surface area contributed by atoms with Crippen molar-refractivity contribution >= 4 is 12.0 Å². The minimum atomic E-state index is -0.696. The van der Waals surface area contributed by atoms with Crippen molar-refractivity contribution in [1.82, 2.24) is 4.90 Å². The topological polar surface area (TPSA) is 66.8 Å². The minimum Gasteiger partial charge on any atom is -0.447 e. The fourth-order valence-electron chi connectivity index (χ4n) is 2.14. The normalized spacial score (nSPS) is 21.6. The van der Waals surface area contributed by atoms with Gasteiger partial charge >= 0.3 is 6.09 Å². The first-order valence-electron chi connectivity index (χ1n) is 6.49. The van der Waals surface area contributed by atoms with Gasteiger partial charge in [0.15, 0.2) is 0 Å². The number of imide groups is 1. The van der Waals surface area contributed by atoms with Crippen LogP contribution < -0.4 is 0 Å². The summed E-state index contributed by atoms with van der Waals surface area (Å²) in [6.45, 7) is 8.10. The van der Waals surface area contributed by atoms with E-state index in [0.717, 1.165) is 4.90 Å². The maximum Gasteiger partial charge on any atom is 0.416 e. The highest BCUT2D eigenvalue weighted by molar-refractivity contribution is 5.93. The van der Waals surface area contributed by atoms with Gasteiger partial charge in [0.2, 0.25) is 5.91 Å². The first kappa shape index (κ1) is 15.0. The van der Waals surface area contributed by atoms with Crippen LogP contribution in [0, 0.1) is 11.8 Å². The second-order valence-corrected chi connectivity index (χ2v) is 5.64. The van der Waals surface area contributed by atoms with Crippen LogP contribution in [-0.2, 0) is 9.53 Å². The molecule has 0 aromatic heterocycles. The van der Waals surface area contributed by atoms with Crippen molar-refractivity contribution in [3.63, 3.8) is 0 Å². The minimum absolute atomic E-state index is 0.0174. The van der Waals surface area contributed by atoms with Crippen molar-refractivity contribution in [3.05, 3.63) is 0 Å². The molecule has 0 radical (unpaired) electrons. The highest BCUT2D eigenvalue weighted by Crippen LogP contribution is 2.21. The number of aliphatic hydroxyl groups is 1. The summed E-state index contributed by atoms with van der Waals surface area (Å²) in [5.41, 5.74) is 0. The molecule has 1 aliphatic heterocycles. The molecule has 5 heteroatoms. The van der Waals surface area contributed by atoms with Gasteiger partial charge in [0.25, 0.3) is 0 Å². The van der Waals surface area contributed by atoms with Crippen LogP contribution in [0.1, 0.15) is 40.5 Å². The lowest BCUT2D eigenvalue weighted by Crippen LogP contribution is -2.43. The number of aliphatic hydroxyl groups excluding tert-OH is 1. The molecular weight excluding hydrogens is 234 g/mol. The van der Waals surface area contributed by atoms with Crippen molar-refractivity contribution in [2.75, 3.05) is 6.61 Å². The molecule has 18 heavy (non-hydrogen) atoms. The average Bonchev–Trinajstić information content (AvgIpc) is 2.58. The molecule has 5 nitrogen and oxygen atoms in total. The molecule has 0 aromatic carbocycles. The molecule has 1 aliphatic rings. The number of carbonyl (C=O) groups is 2. The second kappa shape index (κ2) is 6.18. The van der Waals surface area contributed by atoms with Crippen molar-refractivity contribution in [2.45, 2.75) is 52.7 Å². The van der Waals surface area contributed by atoms with E-state index in [1.54, 1.807) is 0 Å². The predicted molar refractivity (Wildman–Crippen MR) is 66.9 cm³/mol. The Labute approximate surface area is 108 Å². The van der Waals surface area contributed by atoms with Gasteiger partial charge in [-0.15, -0.1) is 0 Å². The van der Waals surface area contributed by atoms with Gasteiger partial charge in [-0.2, -0.15) is 0 Å². The molecule has 2 atom stereocenters. The molecule has 0 aromatic rings. The Morgan fingerprint density at radius 3 is 2.56 bits per heavy atom. The van der Waals surface area contributed by atoms with E-state index in [1.807, 2.05) is 27.7 Å². The zero-order valence-electron chi connectivity index (χ0n) is 11.5. The van der Waals surface area contributed by atoms with Crippen LogP contribution in [0.25, 0.3) is 0 Å². The maximum absolute atomic E-state index is 12.0. The number of rotatable bonds is 5. The van der Waals surface area contributed by atoms with Crippen LogP contribution in [0.3, 0.4) is 0 Å². The molecule has 0 unspecified atom stereocenters. The number of amides is 2. The summed E-state index contributed by atoms with van der Waals surface area (Å²) < 4.78 is 4.91. The van der Waals surface area contributed by atoms with Gasteiger partial charge in [0.05, 0.1) is 18.6 Å². The summed E-state index contributed by atoms with van der Waals surface area (Å²) in [5, 5.41) is 9.76. The van der Waals surface area contributed by atoms with Crippen LogP contribution in [0.5, 0.6) is 0 Å². The molecule has 1 heterocycles. The first-order chi connectivity index (χ1) is 8.32. The Morgan fingerprint density at radius 1 is 1.44 bits per heavy atom. The SMILES string of the molecule is CC(C)C[C@H](O)CC(=O)N1C(=O)OC[C@@H]1C(C)C. The van der Waals surface area contributed by atoms with Gasteiger partial charge < -0.3 is 9.84 Å². The number of cyclic esters (lactones) is 1. The molecule has 0 aliphatic carbocycles. The Morgan fingerprint density at radius 2 is 2.06 bits per heavy atom. The molecule has 104 valence electrons. The third kappa shape index (κ3) is 3.70. The Balaban J connectivity index is 2.61. The summed E-state index contributed by atoms with van der Waals surface area (Å²) in [4.78, 5) is 24.7. The van der Waals surface area contributed by atoms with Gasteiger partial charge in [-0.1, -0.05) is 27.7 Å². The summed E-state index contributed by atoms with van der Waals surface area (Å²) in [6, 6.07) is -0.212. The fraction of sp³-hybridized carbons (Fsp3) is 0.846. The van der Waals surface area contributed by atoms with Crippen molar-refractivity contribution in [1.29, 1.82) is 0 Å². The lowest BCUT2D eigenvalue weighted by atomic mass is 10.0. The lowest BCUT2D eigenvalue weighted by Gasteiger charge is -2.23. The highest BCUT2D eigenvalue weighted by atomic mass is 16.6. The van der Waals surface area contributed by atoms with E-state index < -0.39 is 12.2 Å². The van der Waals surface area contributed by atoms with Gasteiger partial charge in [-0.05, 0) is 18.3 Å². The average molecular weight is 257 g/mol. The third-order valence-corrected chi connectivity index (χ3v) is 3.10. The maximum atomic E-state index is 12.0. The summed E-state index contributed by atoms with van der Waals surface area (Å²) in [6.07, 6.45) is -0.744. The Bertz CT molecular complexity index is 314. The van der Waals surface area contributed by atoms with Crippen molar-refractivity contribution in [2.24, 2.45) is 11.8 Å². The number of hydrogen-bond donors (Lipinski definition) is 1. The van der Waals surface area contributed by atoms with Crippen LogP contribution in [0.15, 0.2) is 0 Å². The van der Waals surface area contributed by atoms with E-state index in [1.165, 1.54) is 0 Å². The molecule has 0 bridgehead atoms. The van der Waals surface area contributed by atoms with Gasteiger partial charge in [-0.25, -0.2) is 9.69 Å². The molecular formula is C13H23NO4. The molecule has 2 amide bonds. The first-order valence-corrected chi connectivity index (χ1v) is 6.49. The van der Waals surface area contributed by atoms with E-state index in [4.69, 9.17) is 4.74 Å². The summed E-state index contributed by atoms with van der Waals surface area (Å²) in [5.74, 6) is 0.131. The molecule has 1 rings (SSSR count). The number of carbonyl (C=O) groups excluding carboxylic acids is 2. The Hall–Kier alpha value is -1.10. The second-order valence-electron chi connectivity index (χ2n) is 5.64. The van der Waals surface area contributed by atoms with Crippen molar-refractivity contribution < 1.29 is 19.4 Å². The number of ether oxygens (including phenoxy) is 1. The fourth-order valence-corrected chi connectivity index (χ4v) is 2.14. The Kier molecular flexibility index (Phi) is 5.14. The molecule has 0 spiro atoms. The third-order valence-electron chi connectivity index (χ3n) is 3.10. The molecule has 1 fully saturated rings. The van der Waals surface area contributed by atoms with Gasteiger partial charge in [0, 0.05) is 0 Å². The lowest BCUT2D eigenvalue weighted by molar-refractivity contribution is -0.131. The monoisotopic (exact) mass is 257 g/mol. The van der Waals surface area contributed by atoms with Crippen molar-refractivity contribution in [3.8, 4) is 0 Å². The van der Waals surface area contributed by atoms with Crippen LogP contribution in [0.4, 0.5) is 4.79 Å². The van der Waals surface area contributed by atoms with E-state index in [-0.39, 0.29) is 30.9 Å². The standard InChI is InChI=1S/C13H23NO4/c1-8(2)5-10(15)6-12(16)14-11(9(3)4)7-18-13(14)17/h8-11,15H,5-7H2,1-4H3/t10-,11+/m0/s1. The smallest absolute Gasteiger partial charge is 0.416 e. The summed E-state index contributed by atoms with van der Waals surface area (Å²) >= 11 is 0. The van der Waals surface area contributed by atoms with Gasteiger partial charge in [0.1, 0.15) is 6.61 Å².